The quantitative estimate of drug-likeness (QED) is 0.258. The molecular formula is C42H39N5S. The van der Waals surface area contributed by atoms with Gasteiger partial charge in [0.2, 0.25) is 0 Å². The second kappa shape index (κ2) is 13.2. The fraction of sp³-hybridized carbons (Fsp3) is 0.262. The molecule has 6 heteroatoms. The number of nitrogens with zero attached hydrogens (tertiary/aromatic N) is 3. The van der Waals surface area contributed by atoms with E-state index in [0.717, 1.165) is 30.7 Å². The topological polar surface area (TPSA) is 101 Å². The summed E-state index contributed by atoms with van der Waals surface area (Å²) < 4.78 is 0. The normalized spacial score (nSPS) is 27.9. The molecule has 0 saturated carbocycles. The standard InChI is InChI=1S/C42H39N5S/c43-25-40(44)48-41(45)31-20-18-27-21-30(19-17-28(27)22-31)33-13-6-7-14-35(33)38-24-39(47-42(46-38)26-9-2-1-3-10-26)36-16-8-15-34-32-12-5-4-11-29(32)23-37(34)36/h1-21,31,33-35,37-38,40-41H,22-24,44-45H2. The largest absolute Gasteiger partial charge is 0.319 e. The summed E-state index contributed by atoms with van der Waals surface area (Å²) in [7, 11) is 0. The van der Waals surface area contributed by atoms with E-state index in [1.165, 1.54) is 50.9 Å². The first-order chi connectivity index (χ1) is 23.6. The van der Waals surface area contributed by atoms with E-state index in [0.29, 0.717) is 11.8 Å². The van der Waals surface area contributed by atoms with Gasteiger partial charge in [0, 0.05) is 47.3 Å². The molecule has 5 aliphatic rings. The van der Waals surface area contributed by atoms with Crippen molar-refractivity contribution in [2.45, 2.75) is 47.9 Å². The molecule has 4 N–H and O–H groups in total. The zero-order valence-electron chi connectivity index (χ0n) is 26.8. The lowest BCUT2D eigenvalue weighted by atomic mass is 9.74. The molecule has 0 radical (unpaired) electrons. The van der Waals surface area contributed by atoms with Crippen LogP contribution in [0.4, 0.5) is 0 Å². The maximum atomic E-state index is 9.13. The van der Waals surface area contributed by atoms with Crippen LogP contribution in [0, 0.1) is 29.1 Å². The number of nitriles is 1. The van der Waals surface area contributed by atoms with Crippen molar-refractivity contribution in [1.82, 2.24) is 0 Å². The molecule has 0 bridgehead atoms. The van der Waals surface area contributed by atoms with Gasteiger partial charge in [0.25, 0.3) is 0 Å². The minimum Gasteiger partial charge on any atom is -0.319 e. The molecule has 0 saturated heterocycles. The summed E-state index contributed by atoms with van der Waals surface area (Å²) >= 11 is 1.33. The highest BCUT2D eigenvalue weighted by Crippen LogP contribution is 2.46. The third kappa shape index (κ3) is 5.88. The van der Waals surface area contributed by atoms with Crippen LogP contribution in [-0.2, 0) is 12.8 Å². The van der Waals surface area contributed by atoms with Gasteiger partial charge in [-0.15, -0.1) is 11.8 Å². The molecule has 48 heavy (non-hydrogen) atoms. The second-order valence-corrected chi connectivity index (χ2v) is 14.7. The summed E-state index contributed by atoms with van der Waals surface area (Å²) in [6.07, 6.45) is 23.1. The highest BCUT2D eigenvalue weighted by Gasteiger charge is 2.39. The highest BCUT2D eigenvalue weighted by atomic mass is 32.2. The first-order valence-electron chi connectivity index (χ1n) is 17.0. The number of benzene rings is 3. The lowest BCUT2D eigenvalue weighted by Gasteiger charge is -2.34. The van der Waals surface area contributed by atoms with Crippen molar-refractivity contribution in [2.24, 2.45) is 39.2 Å². The van der Waals surface area contributed by atoms with Crippen molar-refractivity contribution in [2.75, 3.05) is 0 Å². The molecule has 3 aromatic rings. The summed E-state index contributed by atoms with van der Waals surface area (Å²) in [6.45, 7) is 0. The monoisotopic (exact) mass is 645 g/mol. The number of amidine groups is 1. The molecule has 0 amide bonds. The summed E-state index contributed by atoms with van der Waals surface area (Å²) in [5.74, 6) is 2.14. The number of aliphatic imine (C=N–C) groups is 2. The van der Waals surface area contributed by atoms with Crippen molar-refractivity contribution in [1.29, 1.82) is 5.26 Å². The molecule has 1 aliphatic heterocycles. The lowest BCUT2D eigenvalue weighted by Crippen LogP contribution is -2.33. The Labute approximate surface area is 287 Å². The van der Waals surface area contributed by atoms with E-state index in [2.05, 4.69) is 134 Å². The third-order valence-electron chi connectivity index (χ3n) is 10.6. The van der Waals surface area contributed by atoms with E-state index in [1.807, 2.05) is 0 Å². The molecule has 238 valence electrons. The minimum absolute atomic E-state index is 0.0447. The van der Waals surface area contributed by atoms with Crippen LogP contribution in [0.15, 0.2) is 137 Å². The number of fused-ring (bicyclic) bond motifs is 4. The molecular weight excluding hydrogens is 607 g/mol. The smallest absolute Gasteiger partial charge is 0.155 e. The van der Waals surface area contributed by atoms with E-state index in [-0.39, 0.29) is 29.2 Å². The minimum atomic E-state index is -0.613. The van der Waals surface area contributed by atoms with E-state index >= 15 is 0 Å². The Bertz CT molecular complexity index is 1980. The first kappa shape index (κ1) is 30.8. The van der Waals surface area contributed by atoms with Gasteiger partial charge in [0.1, 0.15) is 5.37 Å². The van der Waals surface area contributed by atoms with E-state index < -0.39 is 5.37 Å². The number of hydrogen-bond donors (Lipinski definition) is 2. The highest BCUT2D eigenvalue weighted by molar-refractivity contribution is 8.00. The molecule has 8 unspecified atom stereocenters. The van der Waals surface area contributed by atoms with Crippen LogP contribution in [0.25, 0.3) is 6.08 Å². The molecule has 3 aromatic carbocycles. The average molecular weight is 646 g/mol. The Balaban J connectivity index is 1.09. The summed E-state index contributed by atoms with van der Waals surface area (Å²) in [6, 6.07) is 28.4. The summed E-state index contributed by atoms with van der Waals surface area (Å²) in [5.41, 5.74) is 22.6. The van der Waals surface area contributed by atoms with Gasteiger partial charge >= 0.3 is 0 Å². The molecule has 0 fully saturated rings. The van der Waals surface area contributed by atoms with Crippen LogP contribution >= 0.6 is 11.8 Å². The number of thioether (sulfide) groups is 1. The molecule has 1 heterocycles. The van der Waals surface area contributed by atoms with Gasteiger partial charge in [-0.25, -0.2) is 4.99 Å². The van der Waals surface area contributed by atoms with Gasteiger partial charge in [-0.1, -0.05) is 127 Å². The fourth-order valence-corrected chi connectivity index (χ4v) is 8.96. The Morgan fingerprint density at radius 1 is 0.812 bits per heavy atom. The molecule has 0 aromatic heterocycles. The zero-order valence-corrected chi connectivity index (χ0v) is 27.6. The van der Waals surface area contributed by atoms with Crippen molar-refractivity contribution in [3.63, 3.8) is 0 Å². The van der Waals surface area contributed by atoms with Crippen molar-refractivity contribution in [3.05, 3.63) is 160 Å². The van der Waals surface area contributed by atoms with Gasteiger partial charge in [0.15, 0.2) is 5.84 Å². The molecule has 5 nitrogen and oxygen atoms in total. The average Bonchev–Trinajstić information content (AvgIpc) is 3.53. The Hall–Kier alpha value is -4.54. The third-order valence-corrected chi connectivity index (χ3v) is 11.6. The van der Waals surface area contributed by atoms with E-state index in [9.17, 15) is 0 Å². The second-order valence-electron chi connectivity index (χ2n) is 13.4. The van der Waals surface area contributed by atoms with Gasteiger partial charge in [-0.2, -0.15) is 5.26 Å². The van der Waals surface area contributed by atoms with E-state index in [1.54, 1.807) is 0 Å². The number of nitrogens with two attached hydrogens (primary N) is 2. The van der Waals surface area contributed by atoms with Gasteiger partial charge in [-0.3, -0.25) is 4.99 Å². The van der Waals surface area contributed by atoms with Crippen LogP contribution in [0.5, 0.6) is 0 Å². The predicted octanol–water partition coefficient (Wildman–Crippen LogP) is 7.64. The Kier molecular flexibility index (Phi) is 8.44. The zero-order chi connectivity index (χ0) is 32.6. The number of allylic oxidation sites excluding steroid dienone is 7. The van der Waals surface area contributed by atoms with Crippen molar-refractivity contribution in [3.8, 4) is 6.07 Å². The first-order valence-corrected chi connectivity index (χ1v) is 17.9. The van der Waals surface area contributed by atoms with E-state index in [4.69, 9.17) is 26.7 Å². The maximum absolute atomic E-state index is 9.13. The van der Waals surface area contributed by atoms with Crippen LogP contribution in [0.3, 0.4) is 0 Å². The Morgan fingerprint density at radius 3 is 2.50 bits per heavy atom. The van der Waals surface area contributed by atoms with Crippen LogP contribution < -0.4 is 11.5 Å². The van der Waals surface area contributed by atoms with Crippen LogP contribution in [0.2, 0.25) is 0 Å². The van der Waals surface area contributed by atoms with Crippen LogP contribution in [0.1, 0.15) is 51.6 Å². The Morgan fingerprint density at radius 2 is 1.62 bits per heavy atom. The van der Waals surface area contributed by atoms with Gasteiger partial charge < -0.3 is 11.5 Å². The summed E-state index contributed by atoms with van der Waals surface area (Å²) in [5, 5.41) is 8.30. The van der Waals surface area contributed by atoms with Gasteiger partial charge in [0.05, 0.1) is 17.5 Å². The fourth-order valence-electron chi connectivity index (χ4n) is 8.18. The van der Waals surface area contributed by atoms with Crippen molar-refractivity contribution < 1.29 is 0 Å². The number of hydrogen-bond acceptors (Lipinski definition) is 6. The molecule has 4 aliphatic carbocycles. The maximum Gasteiger partial charge on any atom is 0.155 e. The SMILES string of the molecule is N#CC(N)SC(N)C1C=Cc2cc(C3C=CC=CC3C3CC(C4=CC=CC5c6ccccc6CC45)=NC(c4ccccc4)=N3)ccc2C1. The lowest BCUT2D eigenvalue weighted by molar-refractivity contribution is 0.466. The van der Waals surface area contributed by atoms with Gasteiger partial charge in [-0.05, 0) is 46.2 Å². The van der Waals surface area contributed by atoms with Crippen LogP contribution in [-0.4, -0.2) is 28.3 Å². The van der Waals surface area contributed by atoms with Crippen molar-refractivity contribution >= 4 is 29.4 Å². The molecule has 8 rings (SSSR count). The number of rotatable bonds is 7. The summed E-state index contributed by atoms with van der Waals surface area (Å²) in [4.78, 5) is 10.7. The molecule has 8 atom stereocenters. The molecule has 0 spiro atoms. The predicted molar refractivity (Wildman–Crippen MR) is 199 cm³/mol.